The zero-order chi connectivity index (χ0) is 19.8. The zero-order valence-corrected chi connectivity index (χ0v) is 14.6. The Balaban J connectivity index is 1.54. The molecule has 2 aromatic carbocycles. The van der Waals surface area contributed by atoms with E-state index in [4.69, 9.17) is 10.00 Å². The predicted molar refractivity (Wildman–Crippen MR) is 104 cm³/mol. The third-order valence-electron chi connectivity index (χ3n) is 3.76. The van der Waals surface area contributed by atoms with Crippen LogP contribution in [0.15, 0.2) is 72.0 Å². The summed E-state index contributed by atoms with van der Waals surface area (Å²) in [7, 11) is 0. The lowest BCUT2D eigenvalue weighted by Crippen LogP contribution is -1.98. The van der Waals surface area contributed by atoms with Crippen molar-refractivity contribution in [3.05, 3.63) is 93.7 Å². The van der Waals surface area contributed by atoms with Crippen LogP contribution in [0.5, 0.6) is 5.75 Å². The SMILES string of the molecule is N#Cc1ccccc1COc1ccc(/C=N\Nc2ccc([N+](=O)[O-])cn2)cc1. The minimum Gasteiger partial charge on any atom is -0.489 e. The van der Waals surface area contributed by atoms with Gasteiger partial charge < -0.3 is 4.74 Å². The second-order valence-corrected chi connectivity index (χ2v) is 5.66. The molecule has 0 aliphatic rings. The number of nitro groups is 1. The Hall–Kier alpha value is -4.25. The number of nitriles is 1. The van der Waals surface area contributed by atoms with Crippen LogP contribution in [-0.4, -0.2) is 16.1 Å². The lowest BCUT2D eigenvalue weighted by atomic mass is 10.1. The van der Waals surface area contributed by atoms with E-state index in [1.54, 1.807) is 24.4 Å². The zero-order valence-electron chi connectivity index (χ0n) is 14.6. The van der Waals surface area contributed by atoms with Gasteiger partial charge >= 0.3 is 0 Å². The van der Waals surface area contributed by atoms with Gasteiger partial charge in [-0.2, -0.15) is 10.4 Å². The molecule has 0 radical (unpaired) electrons. The summed E-state index contributed by atoms with van der Waals surface area (Å²) in [5.41, 5.74) is 4.88. The van der Waals surface area contributed by atoms with E-state index < -0.39 is 4.92 Å². The Morgan fingerprint density at radius 1 is 1.18 bits per heavy atom. The number of hydrogen-bond acceptors (Lipinski definition) is 7. The van der Waals surface area contributed by atoms with Crippen LogP contribution in [0.4, 0.5) is 11.5 Å². The first-order valence-corrected chi connectivity index (χ1v) is 8.26. The summed E-state index contributed by atoms with van der Waals surface area (Å²) in [5.74, 6) is 1.08. The Morgan fingerprint density at radius 3 is 2.64 bits per heavy atom. The van der Waals surface area contributed by atoms with Crippen molar-refractivity contribution >= 4 is 17.7 Å². The lowest BCUT2D eigenvalue weighted by Gasteiger charge is -2.07. The summed E-state index contributed by atoms with van der Waals surface area (Å²) in [6.45, 7) is 0.310. The van der Waals surface area contributed by atoms with Gasteiger partial charge in [0, 0.05) is 11.6 Å². The van der Waals surface area contributed by atoms with Crippen LogP contribution >= 0.6 is 0 Å². The standard InChI is InChI=1S/C20H15N5O3/c21-11-16-3-1-2-4-17(16)14-28-19-8-5-15(6-9-19)12-23-24-20-10-7-18(13-22-20)25(26)27/h1-10,12-13H,14H2,(H,22,24)/b23-12-. The summed E-state index contributed by atoms with van der Waals surface area (Å²) in [6, 6.07) is 19.5. The van der Waals surface area contributed by atoms with Gasteiger partial charge in [0.2, 0.25) is 0 Å². The number of nitrogens with zero attached hydrogens (tertiary/aromatic N) is 4. The van der Waals surface area contributed by atoms with E-state index in [1.165, 1.54) is 12.1 Å². The maximum absolute atomic E-state index is 10.6. The molecule has 3 rings (SSSR count). The molecule has 0 aliphatic heterocycles. The van der Waals surface area contributed by atoms with Crippen molar-refractivity contribution in [2.24, 2.45) is 5.10 Å². The molecule has 0 saturated carbocycles. The Bertz CT molecular complexity index is 1020. The molecule has 0 spiro atoms. The minimum atomic E-state index is -0.511. The normalized spacial score (nSPS) is 10.4. The van der Waals surface area contributed by atoms with E-state index >= 15 is 0 Å². The van der Waals surface area contributed by atoms with Gasteiger partial charge in [0.25, 0.3) is 5.69 Å². The van der Waals surface area contributed by atoms with Crippen molar-refractivity contribution in [1.29, 1.82) is 5.26 Å². The summed E-state index contributed by atoms with van der Waals surface area (Å²) in [6.07, 6.45) is 2.76. The summed E-state index contributed by atoms with van der Waals surface area (Å²) in [5, 5.41) is 23.7. The van der Waals surface area contributed by atoms with Crippen molar-refractivity contribution in [2.75, 3.05) is 5.43 Å². The summed E-state index contributed by atoms with van der Waals surface area (Å²) >= 11 is 0. The molecule has 0 aliphatic carbocycles. The number of rotatable bonds is 7. The third kappa shape index (κ3) is 4.89. The fourth-order valence-corrected chi connectivity index (χ4v) is 2.30. The van der Waals surface area contributed by atoms with Gasteiger partial charge in [0.05, 0.1) is 22.8 Å². The van der Waals surface area contributed by atoms with Gasteiger partial charge in [-0.3, -0.25) is 15.5 Å². The van der Waals surface area contributed by atoms with Crippen LogP contribution in [-0.2, 0) is 6.61 Å². The highest BCUT2D eigenvalue weighted by Crippen LogP contribution is 2.16. The van der Waals surface area contributed by atoms with Gasteiger partial charge in [-0.05, 0) is 42.0 Å². The van der Waals surface area contributed by atoms with Gasteiger partial charge in [-0.15, -0.1) is 0 Å². The van der Waals surface area contributed by atoms with Crippen LogP contribution in [0.1, 0.15) is 16.7 Å². The first-order chi connectivity index (χ1) is 13.7. The Kier molecular flexibility index (Phi) is 5.90. The van der Waals surface area contributed by atoms with Crippen LogP contribution in [0.3, 0.4) is 0 Å². The highest BCUT2D eigenvalue weighted by Gasteiger charge is 2.04. The van der Waals surface area contributed by atoms with Gasteiger partial charge in [0.1, 0.15) is 24.4 Å². The van der Waals surface area contributed by atoms with Crippen molar-refractivity contribution in [3.8, 4) is 11.8 Å². The predicted octanol–water partition coefficient (Wildman–Crippen LogP) is 3.89. The van der Waals surface area contributed by atoms with E-state index in [-0.39, 0.29) is 5.69 Å². The van der Waals surface area contributed by atoms with Crippen LogP contribution in [0.2, 0.25) is 0 Å². The Labute approximate surface area is 160 Å². The number of hydrazone groups is 1. The van der Waals surface area contributed by atoms with Crippen molar-refractivity contribution < 1.29 is 9.66 Å². The van der Waals surface area contributed by atoms with Gasteiger partial charge in [-0.25, -0.2) is 4.98 Å². The molecule has 8 nitrogen and oxygen atoms in total. The fourth-order valence-electron chi connectivity index (χ4n) is 2.30. The number of benzene rings is 2. The number of aromatic nitrogens is 1. The number of ether oxygens (including phenoxy) is 1. The smallest absolute Gasteiger partial charge is 0.287 e. The molecule has 1 aromatic heterocycles. The molecule has 1 heterocycles. The van der Waals surface area contributed by atoms with Gasteiger partial charge in [0.15, 0.2) is 0 Å². The molecular formula is C20H15N5O3. The van der Waals surface area contributed by atoms with Crippen LogP contribution in [0, 0.1) is 21.4 Å². The molecule has 138 valence electrons. The first kappa shape index (κ1) is 18.5. The maximum atomic E-state index is 10.6. The molecule has 0 atom stereocenters. The number of hydrogen-bond donors (Lipinski definition) is 1. The Morgan fingerprint density at radius 2 is 1.96 bits per heavy atom. The molecule has 0 fully saturated rings. The molecule has 8 heteroatoms. The molecule has 0 unspecified atom stereocenters. The van der Waals surface area contributed by atoms with E-state index in [0.29, 0.717) is 23.7 Å². The topological polar surface area (TPSA) is 113 Å². The molecule has 0 amide bonds. The van der Waals surface area contributed by atoms with Crippen molar-refractivity contribution in [3.63, 3.8) is 0 Å². The molecule has 28 heavy (non-hydrogen) atoms. The number of nitrogens with one attached hydrogen (secondary N) is 1. The lowest BCUT2D eigenvalue weighted by molar-refractivity contribution is -0.385. The largest absolute Gasteiger partial charge is 0.489 e. The molecule has 3 aromatic rings. The van der Waals surface area contributed by atoms with Crippen LogP contribution < -0.4 is 10.2 Å². The monoisotopic (exact) mass is 373 g/mol. The molecular weight excluding hydrogens is 358 g/mol. The molecule has 0 bridgehead atoms. The maximum Gasteiger partial charge on any atom is 0.287 e. The number of anilines is 1. The third-order valence-corrected chi connectivity index (χ3v) is 3.76. The van der Waals surface area contributed by atoms with E-state index in [2.05, 4.69) is 21.6 Å². The second-order valence-electron chi connectivity index (χ2n) is 5.66. The van der Waals surface area contributed by atoms with E-state index in [1.807, 2.05) is 30.3 Å². The van der Waals surface area contributed by atoms with Crippen molar-refractivity contribution in [1.82, 2.24) is 4.98 Å². The van der Waals surface area contributed by atoms with E-state index in [9.17, 15) is 10.1 Å². The molecule has 1 N–H and O–H groups in total. The highest BCUT2D eigenvalue weighted by molar-refractivity contribution is 5.80. The minimum absolute atomic E-state index is 0.0810. The van der Waals surface area contributed by atoms with E-state index in [0.717, 1.165) is 17.3 Å². The van der Waals surface area contributed by atoms with Crippen molar-refractivity contribution in [2.45, 2.75) is 6.61 Å². The average molecular weight is 373 g/mol. The highest BCUT2D eigenvalue weighted by atomic mass is 16.6. The second kappa shape index (κ2) is 8.91. The summed E-state index contributed by atoms with van der Waals surface area (Å²) in [4.78, 5) is 14.0. The number of pyridine rings is 1. The fraction of sp³-hybridized carbons (Fsp3) is 0.0500. The van der Waals surface area contributed by atoms with Gasteiger partial charge in [-0.1, -0.05) is 18.2 Å². The first-order valence-electron chi connectivity index (χ1n) is 8.26. The summed E-state index contributed by atoms with van der Waals surface area (Å²) < 4.78 is 5.72. The molecule has 0 saturated heterocycles. The van der Waals surface area contributed by atoms with Crippen LogP contribution in [0.25, 0.3) is 0 Å². The average Bonchev–Trinajstić information content (AvgIpc) is 2.73. The quantitative estimate of drug-likeness (QED) is 0.382.